The molecule has 0 aliphatic rings. The molecule has 1 aromatic heterocycles. The Morgan fingerprint density at radius 1 is 1.10 bits per heavy atom. The van der Waals surface area contributed by atoms with E-state index in [1.165, 1.54) is 7.11 Å². The summed E-state index contributed by atoms with van der Waals surface area (Å²) in [5.74, 6) is 1.63. The van der Waals surface area contributed by atoms with Gasteiger partial charge >= 0.3 is 6.03 Å². The van der Waals surface area contributed by atoms with Crippen LogP contribution in [-0.4, -0.2) is 25.2 Å². The van der Waals surface area contributed by atoms with Crippen LogP contribution in [0.1, 0.15) is 0 Å². The highest BCUT2D eigenvalue weighted by atomic mass is 16.5. The lowest BCUT2D eigenvalue weighted by molar-refractivity contribution is 0.262. The van der Waals surface area contributed by atoms with Crippen molar-refractivity contribution in [3.8, 4) is 11.5 Å². The normalized spacial score (nSPS) is 9.70. The van der Waals surface area contributed by atoms with Gasteiger partial charge in [-0.1, -0.05) is 6.07 Å². The number of anilines is 2. The lowest BCUT2D eigenvalue weighted by Crippen LogP contribution is -2.20. The lowest BCUT2D eigenvalue weighted by Gasteiger charge is -2.12. The number of carbonyl (C=O) groups is 1. The molecule has 0 aliphatic carbocycles. The lowest BCUT2D eigenvalue weighted by atomic mass is 10.2. The number of pyridine rings is 1. The molecule has 20 heavy (non-hydrogen) atoms. The van der Waals surface area contributed by atoms with Gasteiger partial charge in [0.1, 0.15) is 17.3 Å². The Morgan fingerprint density at radius 3 is 2.60 bits per heavy atom. The number of hydrogen-bond acceptors (Lipinski definition) is 4. The molecular formula is C14H15N3O3. The number of aromatic nitrogens is 1. The number of amides is 2. The van der Waals surface area contributed by atoms with Crippen molar-refractivity contribution in [2.75, 3.05) is 24.9 Å². The van der Waals surface area contributed by atoms with Gasteiger partial charge < -0.3 is 14.8 Å². The summed E-state index contributed by atoms with van der Waals surface area (Å²) in [7, 11) is 3.09. The number of rotatable bonds is 4. The van der Waals surface area contributed by atoms with Gasteiger partial charge in [0, 0.05) is 12.3 Å². The van der Waals surface area contributed by atoms with Crippen molar-refractivity contribution in [2.45, 2.75) is 0 Å². The van der Waals surface area contributed by atoms with Gasteiger partial charge in [-0.15, -0.1) is 0 Å². The van der Waals surface area contributed by atoms with Gasteiger partial charge in [0.05, 0.1) is 19.9 Å². The molecule has 6 heteroatoms. The van der Waals surface area contributed by atoms with E-state index in [-0.39, 0.29) is 0 Å². The zero-order valence-electron chi connectivity index (χ0n) is 11.2. The summed E-state index contributed by atoms with van der Waals surface area (Å²) in [6.07, 6.45) is 1.60. The van der Waals surface area contributed by atoms with Crippen LogP contribution in [-0.2, 0) is 0 Å². The number of hydrogen-bond donors (Lipinski definition) is 2. The van der Waals surface area contributed by atoms with Crippen LogP contribution in [0.2, 0.25) is 0 Å². The minimum atomic E-state index is -0.396. The van der Waals surface area contributed by atoms with Gasteiger partial charge in [0.2, 0.25) is 0 Å². The fourth-order valence-corrected chi connectivity index (χ4v) is 1.61. The second-order valence-electron chi connectivity index (χ2n) is 3.86. The molecule has 2 N–H and O–H groups in total. The van der Waals surface area contributed by atoms with E-state index in [1.54, 1.807) is 49.7 Å². The zero-order chi connectivity index (χ0) is 14.4. The number of carbonyl (C=O) groups excluding carboxylic acids is 1. The van der Waals surface area contributed by atoms with Crippen molar-refractivity contribution in [2.24, 2.45) is 0 Å². The summed E-state index contributed by atoms with van der Waals surface area (Å²) in [6.45, 7) is 0. The Kier molecular flexibility index (Phi) is 4.39. The first-order valence-electron chi connectivity index (χ1n) is 5.94. The predicted octanol–water partition coefficient (Wildman–Crippen LogP) is 2.74. The van der Waals surface area contributed by atoms with Crippen LogP contribution >= 0.6 is 0 Å². The minimum absolute atomic E-state index is 0.396. The Labute approximate surface area is 116 Å². The molecule has 6 nitrogen and oxygen atoms in total. The van der Waals surface area contributed by atoms with Gasteiger partial charge in [-0.2, -0.15) is 0 Å². The van der Waals surface area contributed by atoms with Gasteiger partial charge in [-0.05, 0) is 24.3 Å². The summed E-state index contributed by atoms with van der Waals surface area (Å²) in [5, 5.41) is 5.31. The van der Waals surface area contributed by atoms with Gasteiger partial charge in [0.15, 0.2) is 0 Å². The smallest absolute Gasteiger partial charge is 0.324 e. The summed E-state index contributed by atoms with van der Waals surface area (Å²) < 4.78 is 10.3. The van der Waals surface area contributed by atoms with E-state index in [0.29, 0.717) is 23.0 Å². The molecule has 0 unspecified atom stereocenters. The Bertz CT molecular complexity index is 587. The van der Waals surface area contributed by atoms with E-state index in [1.807, 2.05) is 0 Å². The van der Waals surface area contributed by atoms with Crippen molar-refractivity contribution in [1.82, 2.24) is 4.98 Å². The average molecular weight is 273 g/mol. The second kappa shape index (κ2) is 6.42. The van der Waals surface area contributed by atoms with Crippen LogP contribution in [0.4, 0.5) is 16.3 Å². The fourth-order valence-electron chi connectivity index (χ4n) is 1.61. The Hall–Kier alpha value is -2.76. The minimum Gasteiger partial charge on any atom is -0.497 e. The maximum absolute atomic E-state index is 11.9. The highest BCUT2D eigenvalue weighted by molar-refractivity contribution is 6.00. The standard InChI is InChI=1S/C14H15N3O3/c1-19-10-6-7-11(12(9-10)20-2)16-14(18)17-13-5-3-4-8-15-13/h3-9H,1-2H3,(H2,15,16,17,18). The first-order valence-corrected chi connectivity index (χ1v) is 5.94. The summed E-state index contributed by atoms with van der Waals surface area (Å²) in [5.41, 5.74) is 0.543. The highest BCUT2D eigenvalue weighted by Gasteiger charge is 2.09. The molecular weight excluding hydrogens is 258 g/mol. The Balaban J connectivity index is 2.07. The number of nitrogens with zero attached hydrogens (tertiary/aromatic N) is 1. The van der Waals surface area contributed by atoms with Crippen LogP contribution in [0, 0.1) is 0 Å². The van der Waals surface area contributed by atoms with Gasteiger partial charge in [-0.25, -0.2) is 9.78 Å². The van der Waals surface area contributed by atoms with Crippen molar-refractivity contribution in [1.29, 1.82) is 0 Å². The molecule has 0 bridgehead atoms. The molecule has 0 radical (unpaired) electrons. The first kappa shape index (κ1) is 13.7. The first-order chi connectivity index (χ1) is 9.72. The fraction of sp³-hybridized carbons (Fsp3) is 0.143. The van der Waals surface area contributed by atoms with E-state index >= 15 is 0 Å². The van der Waals surface area contributed by atoms with Crippen LogP contribution in [0.15, 0.2) is 42.6 Å². The SMILES string of the molecule is COc1ccc(NC(=O)Nc2ccccn2)c(OC)c1. The molecule has 1 heterocycles. The number of ether oxygens (including phenoxy) is 2. The largest absolute Gasteiger partial charge is 0.497 e. The maximum Gasteiger partial charge on any atom is 0.324 e. The molecule has 2 amide bonds. The quantitative estimate of drug-likeness (QED) is 0.898. The maximum atomic E-state index is 11.9. The van der Waals surface area contributed by atoms with Gasteiger partial charge in [0.25, 0.3) is 0 Å². The predicted molar refractivity (Wildman–Crippen MR) is 76.4 cm³/mol. The zero-order valence-corrected chi connectivity index (χ0v) is 11.2. The molecule has 104 valence electrons. The molecule has 0 atom stereocenters. The molecule has 2 rings (SSSR count). The molecule has 0 saturated carbocycles. The number of urea groups is 1. The molecule has 0 saturated heterocycles. The average Bonchev–Trinajstić information content (AvgIpc) is 2.48. The number of nitrogens with one attached hydrogen (secondary N) is 2. The van der Waals surface area contributed by atoms with Crippen molar-refractivity contribution >= 4 is 17.5 Å². The van der Waals surface area contributed by atoms with Crippen LogP contribution in [0.3, 0.4) is 0 Å². The van der Waals surface area contributed by atoms with E-state index < -0.39 is 6.03 Å². The Morgan fingerprint density at radius 2 is 1.95 bits per heavy atom. The van der Waals surface area contributed by atoms with Crippen molar-refractivity contribution in [3.63, 3.8) is 0 Å². The molecule has 2 aromatic rings. The summed E-state index contributed by atoms with van der Waals surface area (Å²) in [4.78, 5) is 15.9. The number of benzene rings is 1. The molecule has 0 fully saturated rings. The van der Waals surface area contributed by atoms with E-state index in [4.69, 9.17) is 9.47 Å². The van der Waals surface area contributed by atoms with Crippen molar-refractivity contribution in [3.05, 3.63) is 42.6 Å². The third-order valence-corrected chi connectivity index (χ3v) is 2.56. The second-order valence-corrected chi connectivity index (χ2v) is 3.86. The van der Waals surface area contributed by atoms with E-state index in [2.05, 4.69) is 15.6 Å². The van der Waals surface area contributed by atoms with Crippen LogP contribution in [0.25, 0.3) is 0 Å². The summed E-state index contributed by atoms with van der Waals surface area (Å²) in [6, 6.07) is 9.99. The molecule has 1 aromatic carbocycles. The monoisotopic (exact) mass is 273 g/mol. The third kappa shape index (κ3) is 3.38. The van der Waals surface area contributed by atoms with E-state index in [9.17, 15) is 4.79 Å². The molecule has 0 spiro atoms. The number of methoxy groups -OCH3 is 2. The van der Waals surface area contributed by atoms with Gasteiger partial charge in [-0.3, -0.25) is 5.32 Å². The van der Waals surface area contributed by atoms with E-state index in [0.717, 1.165) is 0 Å². The topological polar surface area (TPSA) is 72.5 Å². The third-order valence-electron chi connectivity index (χ3n) is 2.56. The van der Waals surface area contributed by atoms with Crippen LogP contribution in [0.5, 0.6) is 11.5 Å². The summed E-state index contributed by atoms with van der Waals surface area (Å²) >= 11 is 0. The highest BCUT2D eigenvalue weighted by Crippen LogP contribution is 2.28. The van der Waals surface area contributed by atoms with Crippen LogP contribution < -0.4 is 20.1 Å². The molecule has 0 aliphatic heterocycles. The van der Waals surface area contributed by atoms with Crippen molar-refractivity contribution < 1.29 is 14.3 Å².